The van der Waals surface area contributed by atoms with Crippen molar-refractivity contribution in [2.75, 3.05) is 33.4 Å². The van der Waals surface area contributed by atoms with Crippen molar-refractivity contribution in [2.24, 2.45) is 0 Å². The monoisotopic (exact) mass is 320 g/mol. The molecule has 1 aromatic heterocycles. The van der Waals surface area contributed by atoms with Gasteiger partial charge in [0.1, 0.15) is 0 Å². The quantitative estimate of drug-likeness (QED) is 0.754. The molecule has 0 fully saturated rings. The number of sulfonamides is 1. The zero-order valence-corrected chi connectivity index (χ0v) is 14.2. The molecule has 1 rings (SSSR count). The summed E-state index contributed by atoms with van der Waals surface area (Å²) in [5, 5.41) is 3.22. The lowest BCUT2D eigenvalue weighted by molar-refractivity contribution is 0.180. The summed E-state index contributed by atoms with van der Waals surface area (Å²) in [7, 11) is -1.85. The fourth-order valence-electron chi connectivity index (χ4n) is 1.90. The van der Waals surface area contributed by atoms with Crippen LogP contribution in [0.4, 0.5) is 0 Å². The summed E-state index contributed by atoms with van der Waals surface area (Å²) in [4.78, 5) is 2.31. The first-order valence-corrected chi connectivity index (χ1v) is 9.02. The van der Waals surface area contributed by atoms with E-state index in [1.165, 1.54) is 15.6 Å². The van der Waals surface area contributed by atoms with Gasteiger partial charge in [0, 0.05) is 36.5 Å². The van der Waals surface area contributed by atoms with Gasteiger partial charge < -0.3 is 10.1 Å². The molecule has 0 saturated carbocycles. The van der Waals surface area contributed by atoms with Crippen molar-refractivity contribution in [3.63, 3.8) is 0 Å². The zero-order chi connectivity index (χ0) is 15.2. The molecule has 20 heavy (non-hydrogen) atoms. The van der Waals surface area contributed by atoms with Gasteiger partial charge in [-0.1, -0.05) is 13.8 Å². The van der Waals surface area contributed by atoms with Gasteiger partial charge >= 0.3 is 0 Å². The molecule has 0 saturated heterocycles. The van der Waals surface area contributed by atoms with Crippen LogP contribution in [0.15, 0.2) is 11.0 Å². The first-order valence-electron chi connectivity index (χ1n) is 6.76. The zero-order valence-electron chi connectivity index (χ0n) is 12.6. The SMILES string of the molecule is CCNCc1cc(S(=O)(=O)N(CC)CCOC)c(C)s1. The Hall–Kier alpha value is -0.470. The number of likely N-dealkylation sites (N-methyl/N-ethyl adjacent to an activating group) is 1. The number of aryl methyl sites for hydroxylation is 1. The smallest absolute Gasteiger partial charge is 0.244 e. The number of rotatable bonds is 9. The molecule has 7 heteroatoms. The second-order valence-corrected chi connectivity index (χ2v) is 7.65. The first-order chi connectivity index (χ1) is 9.47. The van der Waals surface area contributed by atoms with Crippen LogP contribution in [0, 0.1) is 6.92 Å². The van der Waals surface area contributed by atoms with Crippen molar-refractivity contribution >= 4 is 21.4 Å². The predicted octanol–water partition coefficient (Wildman–Crippen LogP) is 1.82. The van der Waals surface area contributed by atoms with Gasteiger partial charge in [-0.05, 0) is 19.5 Å². The Balaban J connectivity index is 2.98. The third kappa shape index (κ3) is 4.26. The number of nitrogens with one attached hydrogen (secondary N) is 1. The molecule has 1 aromatic rings. The molecule has 0 aromatic carbocycles. The van der Waals surface area contributed by atoms with Crippen LogP contribution in [-0.4, -0.2) is 46.1 Å². The number of nitrogens with zero attached hydrogens (tertiary/aromatic N) is 1. The molecule has 0 spiro atoms. The number of hydrogen-bond donors (Lipinski definition) is 1. The summed E-state index contributed by atoms with van der Waals surface area (Å²) in [5.74, 6) is 0. The van der Waals surface area contributed by atoms with E-state index in [1.807, 2.05) is 20.8 Å². The second kappa shape index (κ2) is 8.09. The topological polar surface area (TPSA) is 58.6 Å². The van der Waals surface area contributed by atoms with E-state index in [-0.39, 0.29) is 0 Å². The van der Waals surface area contributed by atoms with Crippen molar-refractivity contribution in [3.05, 3.63) is 15.8 Å². The predicted molar refractivity (Wildman–Crippen MR) is 82.7 cm³/mol. The van der Waals surface area contributed by atoms with Gasteiger partial charge in [0.05, 0.1) is 11.5 Å². The summed E-state index contributed by atoms with van der Waals surface area (Å²) in [6, 6.07) is 1.79. The third-order valence-electron chi connectivity index (χ3n) is 2.99. The highest BCUT2D eigenvalue weighted by Crippen LogP contribution is 2.28. The Kier molecular flexibility index (Phi) is 7.11. The van der Waals surface area contributed by atoms with E-state index >= 15 is 0 Å². The maximum atomic E-state index is 12.6. The largest absolute Gasteiger partial charge is 0.383 e. The van der Waals surface area contributed by atoms with E-state index in [0.717, 1.165) is 16.3 Å². The van der Waals surface area contributed by atoms with Crippen LogP contribution in [0.25, 0.3) is 0 Å². The van der Waals surface area contributed by atoms with Crippen LogP contribution in [-0.2, 0) is 21.3 Å². The van der Waals surface area contributed by atoms with Gasteiger partial charge in [-0.3, -0.25) is 0 Å². The van der Waals surface area contributed by atoms with Gasteiger partial charge in [-0.2, -0.15) is 4.31 Å². The molecule has 1 N–H and O–H groups in total. The Labute approximate surface area is 126 Å². The summed E-state index contributed by atoms with van der Waals surface area (Å²) in [6.07, 6.45) is 0. The Morgan fingerprint density at radius 1 is 1.40 bits per heavy atom. The van der Waals surface area contributed by atoms with Crippen LogP contribution < -0.4 is 5.32 Å². The molecule has 0 aliphatic heterocycles. The van der Waals surface area contributed by atoms with Gasteiger partial charge in [0.2, 0.25) is 10.0 Å². The lowest BCUT2D eigenvalue weighted by Crippen LogP contribution is -2.33. The van der Waals surface area contributed by atoms with E-state index in [0.29, 0.717) is 31.1 Å². The second-order valence-electron chi connectivity index (χ2n) is 4.40. The maximum Gasteiger partial charge on any atom is 0.244 e. The van der Waals surface area contributed by atoms with E-state index in [9.17, 15) is 8.42 Å². The van der Waals surface area contributed by atoms with Crippen LogP contribution in [0.2, 0.25) is 0 Å². The molecule has 0 aliphatic carbocycles. The molecule has 0 amide bonds. The summed E-state index contributed by atoms with van der Waals surface area (Å²) in [6.45, 7) is 8.54. The standard InChI is InChI=1S/C13H24N2O3S2/c1-5-14-10-12-9-13(11(3)19-12)20(16,17)15(6-2)7-8-18-4/h9,14H,5-8,10H2,1-4H3. The van der Waals surface area contributed by atoms with Crippen LogP contribution in [0.5, 0.6) is 0 Å². The molecule has 0 aliphatic rings. The van der Waals surface area contributed by atoms with Crippen molar-refractivity contribution < 1.29 is 13.2 Å². The highest BCUT2D eigenvalue weighted by molar-refractivity contribution is 7.89. The highest BCUT2D eigenvalue weighted by atomic mass is 32.2. The lowest BCUT2D eigenvalue weighted by atomic mass is 10.4. The van der Waals surface area contributed by atoms with Gasteiger partial charge in [0.25, 0.3) is 0 Å². The number of thiophene rings is 1. The fraction of sp³-hybridized carbons (Fsp3) is 0.692. The Morgan fingerprint density at radius 3 is 2.65 bits per heavy atom. The molecule has 0 radical (unpaired) electrons. The van der Waals surface area contributed by atoms with Gasteiger partial charge in [0.15, 0.2) is 0 Å². The van der Waals surface area contributed by atoms with Crippen molar-refractivity contribution in [1.82, 2.24) is 9.62 Å². The first kappa shape index (κ1) is 17.6. The molecule has 0 unspecified atom stereocenters. The number of methoxy groups -OCH3 is 1. The van der Waals surface area contributed by atoms with E-state index in [1.54, 1.807) is 13.2 Å². The number of ether oxygens (including phenoxy) is 1. The van der Waals surface area contributed by atoms with Crippen LogP contribution in [0.1, 0.15) is 23.6 Å². The molecule has 5 nitrogen and oxygen atoms in total. The average Bonchev–Trinajstić information content (AvgIpc) is 2.79. The van der Waals surface area contributed by atoms with Gasteiger partial charge in [-0.15, -0.1) is 11.3 Å². The summed E-state index contributed by atoms with van der Waals surface area (Å²) >= 11 is 1.53. The van der Waals surface area contributed by atoms with E-state index in [2.05, 4.69) is 5.32 Å². The van der Waals surface area contributed by atoms with Gasteiger partial charge in [-0.25, -0.2) is 8.42 Å². The minimum atomic E-state index is -3.42. The maximum absolute atomic E-state index is 12.6. The minimum Gasteiger partial charge on any atom is -0.383 e. The highest BCUT2D eigenvalue weighted by Gasteiger charge is 2.26. The van der Waals surface area contributed by atoms with E-state index in [4.69, 9.17) is 4.74 Å². The molecule has 0 bridgehead atoms. The molecule has 116 valence electrons. The Morgan fingerprint density at radius 2 is 2.10 bits per heavy atom. The summed E-state index contributed by atoms with van der Waals surface area (Å²) in [5.41, 5.74) is 0. The van der Waals surface area contributed by atoms with Crippen molar-refractivity contribution in [3.8, 4) is 0 Å². The minimum absolute atomic E-state index is 0.382. The number of hydrogen-bond acceptors (Lipinski definition) is 5. The third-order valence-corrected chi connectivity index (χ3v) is 6.27. The average molecular weight is 320 g/mol. The molecule has 0 atom stereocenters. The van der Waals surface area contributed by atoms with Crippen molar-refractivity contribution in [1.29, 1.82) is 0 Å². The molecule has 1 heterocycles. The fourth-order valence-corrected chi connectivity index (χ4v) is 4.90. The van der Waals surface area contributed by atoms with Crippen LogP contribution >= 0.6 is 11.3 Å². The van der Waals surface area contributed by atoms with Crippen molar-refractivity contribution in [2.45, 2.75) is 32.2 Å². The van der Waals surface area contributed by atoms with E-state index < -0.39 is 10.0 Å². The molecular formula is C13H24N2O3S2. The normalized spacial score (nSPS) is 12.2. The molecular weight excluding hydrogens is 296 g/mol. The summed E-state index contributed by atoms with van der Waals surface area (Å²) < 4.78 is 31.7. The van der Waals surface area contributed by atoms with Crippen LogP contribution in [0.3, 0.4) is 0 Å². The Bertz CT molecular complexity index is 512. The lowest BCUT2D eigenvalue weighted by Gasteiger charge is -2.19.